The Bertz CT molecular complexity index is 727. The number of hydrogen-bond acceptors (Lipinski definition) is 3. The Hall–Kier alpha value is -1.81. The molecule has 1 saturated heterocycles. The standard InChI is InChI=1S/C19H25N3O/c23-19-18-7-6-16(10-15(18)8-9-20-19)21-17-12-22(13-17)11-14-4-2-1-3-5-14/h6-10,14,17,21H,1-5,11-13H2,(H,20,23). The Kier molecular flexibility index (Phi) is 4.08. The van der Waals surface area contributed by atoms with Crippen molar-refractivity contribution in [2.24, 2.45) is 5.92 Å². The highest BCUT2D eigenvalue weighted by Crippen LogP contribution is 2.26. The van der Waals surface area contributed by atoms with E-state index in [9.17, 15) is 4.79 Å². The number of anilines is 1. The van der Waals surface area contributed by atoms with E-state index in [1.165, 1.54) is 38.6 Å². The van der Waals surface area contributed by atoms with E-state index in [0.29, 0.717) is 6.04 Å². The van der Waals surface area contributed by atoms with Gasteiger partial charge in [0.05, 0.1) is 6.04 Å². The minimum atomic E-state index is -0.0173. The lowest BCUT2D eigenvalue weighted by molar-refractivity contribution is 0.122. The number of aromatic amines is 1. The molecule has 1 aromatic carbocycles. The monoisotopic (exact) mass is 311 g/mol. The van der Waals surface area contributed by atoms with Crippen molar-refractivity contribution in [2.45, 2.75) is 38.1 Å². The minimum Gasteiger partial charge on any atom is -0.380 e. The van der Waals surface area contributed by atoms with Crippen LogP contribution in [0.1, 0.15) is 32.1 Å². The molecule has 0 bridgehead atoms. The van der Waals surface area contributed by atoms with Crippen LogP contribution >= 0.6 is 0 Å². The summed E-state index contributed by atoms with van der Waals surface area (Å²) >= 11 is 0. The van der Waals surface area contributed by atoms with Gasteiger partial charge in [-0.1, -0.05) is 19.3 Å². The minimum absolute atomic E-state index is 0.0173. The average molecular weight is 311 g/mol. The molecule has 4 rings (SSSR count). The van der Waals surface area contributed by atoms with Gasteiger partial charge in [0.1, 0.15) is 0 Å². The summed E-state index contributed by atoms with van der Waals surface area (Å²) in [7, 11) is 0. The van der Waals surface area contributed by atoms with Gasteiger partial charge in [-0.25, -0.2) is 0 Å². The van der Waals surface area contributed by atoms with Crippen LogP contribution in [0.25, 0.3) is 10.8 Å². The molecule has 2 aromatic rings. The molecule has 122 valence electrons. The maximum Gasteiger partial charge on any atom is 0.255 e. The molecule has 2 N–H and O–H groups in total. The molecule has 1 saturated carbocycles. The molecular weight excluding hydrogens is 286 g/mol. The molecule has 0 spiro atoms. The lowest BCUT2D eigenvalue weighted by Crippen LogP contribution is -2.55. The molecule has 4 nitrogen and oxygen atoms in total. The number of nitrogens with zero attached hydrogens (tertiary/aromatic N) is 1. The van der Waals surface area contributed by atoms with Crippen LogP contribution in [0.2, 0.25) is 0 Å². The fraction of sp³-hybridized carbons (Fsp3) is 0.526. The largest absolute Gasteiger partial charge is 0.380 e. The third-order valence-electron chi connectivity index (χ3n) is 5.34. The Balaban J connectivity index is 1.32. The van der Waals surface area contributed by atoms with Gasteiger partial charge in [0.15, 0.2) is 0 Å². The number of likely N-dealkylation sites (tertiary alicyclic amines) is 1. The average Bonchev–Trinajstić information content (AvgIpc) is 2.54. The van der Waals surface area contributed by atoms with Crippen LogP contribution in [0, 0.1) is 5.92 Å². The fourth-order valence-electron chi connectivity index (χ4n) is 4.06. The first kappa shape index (κ1) is 14.8. The first-order valence-electron chi connectivity index (χ1n) is 8.88. The summed E-state index contributed by atoms with van der Waals surface area (Å²) in [5.74, 6) is 0.928. The highest BCUT2D eigenvalue weighted by molar-refractivity contribution is 5.84. The van der Waals surface area contributed by atoms with Gasteiger partial charge in [0, 0.05) is 36.9 Å². The van der Waals surface area contributed by atoms with Gasteiger partial charge in [-0.05, 0) is 48.4 Å². The number of aromatic nitrogens is 1. The fourth-order valence-corrected chi connectivity index (χ4v) is 4.06. The van der Waals surface area contributed by atoms with E-state index in [2.05, 4.69) is 21.3 Å². The third kappa shape index (κ3) is 3.27. The molecular formula is C19H25N3O. The molecule has 23 heavy (non-hydrogen) atoms. The highest BCUT2D eigenvalue weighted by Gasteiger charge is 2.28. The summed E-state index contributed by atoms with van der Waals surface area (Å²) in [5, 5.41) is 5.36. The van der Waals surface area contributed by atoms with Crippen molar-refractivity contribution in [1.29, 1.82) is 0 Å². The summed E-state index contributed by atoms with van der Waals surface area (Å²) in [4.78, 5) is 17.0. The van der Waals surface area contributed by atoms with Gasteiger partial charge in [-0.15, -0.1) is 0 Å². The van der Waals surface area contributed by atoms with E-state index in [1.807, 2.05) is 18.2 Å². The lowest BCUT2D eigenvalue weighted by atomic mass is 9.88. The second-order valence-electron chi connectivity index (χ2n) is 7.17. The van der Waals surface area contributed by atoms with E-state index in [0.717, 1.165) is 35.5 Å². The Morgan fingerprint density at radius 1 is 1.13 bits per heavy atom. The van der Waals surface area contributed by atoms with Crippen LogP contribution in [-0.4, -0.2) is 35.6 Å². The maximum atomic E-state index is 11.7. The number of H-pyrrole nitrogens is 1. The first-order chi connectivity index (χ1) is 11.3. The molecule has 0 atom stereocenters. The molecule has 0 radical (unpaired) electrons. The van der Waals surface area contributed by atoms with E-state index < -0.39 is 0 Å². The summed E-state index contributed by atoms with van der Waals surface area (Å²) < 4.78 is 0. The van der Waals surface area contributed by atoms with Gasteiger partial charge < -0.3 is 10.3 Å². The van der Waals surface area contributed by atoms with Crippen LogP contribution in [0.5, 0.6) is 0 Å². The molecule has 1 aromatic heterocycles. The van der Waals surface area contributed by atoms with Crippen molar-refractivity contribution >= 4 is 16.5 Å². The van der Waals surface area contributed by atoms with Crippen molar-refractivity contribution in [2.75, 3.05) is 25.0 Å². The van der Waals surface area contributed by atoms with Gasteiger partial charge in [-0.3, -0.25) is 9.69 Å². The molecule has 0 amide bonds. The van der Waals surface area contributed by atoms with Gasteiger partial charge in [0.25, 0.3) is 5.56 Å². The zero-order chi connectivity index (χ0) is 15.6. The number of hydrogen-bond donors (Lipinski definition) is 2. The summed E-state index contributed by atoms with van der Waals surface area (Å²) in [6.07, 6.45) is 8.85. The maximum absolute atomic E-state index is 11.7. The second kappa shape index (κ2) is 6.36. The number of fused-ring (bicyclic) bond motifs is 1. The summed E-state index contributed by atoms with van der Waals surface area (Å²) in [5.41, 5.74) is 1.10. The van der Waals surface area contributed by atoms with Crippen LogP contribution in [0.3, 0.4) is 0 Å². The molecule has 4 heteroatoms. The molecule has 2 aliphatic rings. The van der Waals surface area contributed by atoms with Crippen LogP contribution < -0.4 is 10.9 Å². The topological polar surface area (TPSA) is 48.1 Å². The number of rotatable bonds is 4. The van der Waals surface area contributed by atoms with Crippen molar-refractivity contribution in [1.82, 2.24) is 9.88 Å². The number of benzene rings is 1. The smallest absolute Gasteiger partial charge is 0.255 e. The normalized spacial score (nSPS) is 20.5. The van der Waals surface area contributed by atoms with Crippen LogP contribution in [0.15, 0.2) is 35.3 Å². The quantitative estimate of drug-likeness (QED) is 0.911. The molecule has 2 heterocycles. The molecule has 2 fully saturated rings. The lowest BCUT2D eigenvalue weighted by Gasteiger charge is -2.42. The van der Waals surface area contributed by atoms with Crippen molar-refractivity contribution < 1.29 is 0 Å². The van der Waals surface area contributed by atoms with Crippen molar-refractivity contribution in [3.05, 3.63) is 40.8 Å². The predicted molar refractivity (Wildman–Crippen MR) is 95.0 cm³/mol. The molecule has 1 aliphatic heterocycles. The van der Waals surface area contributed by atoms with Gasteiger partial charge >= 0.3 is 0 Å². The van der Waals surface area contributed by atoms with E-state index >= 15 is 0 Å². The second-order valence-corrected chi connectivity index (χ2v) is 7.17. The van der Waals surface area contributed by atoms with Crippen LogP contribution in [-0.2, 0) is 0 Å². The van der Waals surface area contributed by atoms with E-state index in [1.54, 1.807) is 6.20 Å². The van der Waals surface area contributed by atoms with Gasteiger partial charge in [0.2, 0.25) is 0 Å². The summed E-state index contributed by atoms with van der Waals surface area (Å²) in [6, 6.07) is 8.50. The first-order valence-corrected chi connectivity index (χ1v) is 8.88. The van der Waals surface area contributed by atoms with Crippen LogP contribution in [0.4, 0.5) is 5.69 Å². The van der Waals surface area contributed by atoms with Crippen molar-refractivity contribution in [3.8, 4) is 0 Å². The number of nitrogens with one attached hydrogen (secondary N) is 2. The predicted octanol–water partition coefficient (Wildman–Crippen LogP) is 3.20. The van der Waals surface area contributed by atoms with Crippen molar-refractivity contribution in [3.63, 3.8) is 0 Å². The number of pyridine rings is 1. The highest BCUT2D eigenvalue weighted by atomic mass is 16.1. The Morgan fingerprint density at radius 2 is 1.96 bits per heavy atom. The molecule has 1 aliphatic carbocycles. The zero-order valence-electron chi connectivity index (χ0n) is 13.6. The third-order valence-corrected chi connectivity index (χ3v) is 5.34. The molecule has 0 unspecified atom stereocenters. The SMILES string of the molecule is O=c1[nH]ccc2cc(NC3CN(CC4CCCCC4)C3)ccc12. The van der Waals surface area contributed by atoms with Gasteiger partial charge in [-0.2, -0.15) is 0 Å². The van der Waals surface area contributed by atoms with E-state index in [-0.39, 0.29) is 5.56 Å². The zero-order valence-corrected chi connectivity index (χ0v) is 13.6. The Morgan fingerprint density at radius 3 is 2.78 bits per heavy atom. The summed E-state index contributed by atoms with van der Waals surface area (Å²) in [6.45, 7) is 3.57. The van der Waals surface area contributed by atoms with E-state index in [4.69, 9.17) is 0 Å². The Labute approximate surface area is 136 Å².